The number of nitrogens with one attached hydrogen (secondary N) is 1. The van der Waals surface area contributed by atoms with Crippen LogP contribution >= 0.6 is 0 Å². The molecule has 1 N–H and O–H groups in total. The monoisotopic (exact) mass is 290 g/mol. The summed E-state index contributed by atoms with van der Waals surface area (Å²) >= 11 is 0. The first kappa shape index (κ1) is 14.4. The lowest BCUT2D eigenvalue weighted by atomic mass is 10.2. The molecule has 0 bridgehead atoms. The molecule has 0 aliphatic rings. The van der Waals surface area contributed by atoms with E-state index in [4.69, 9.17) is 0 Å². The Kier molecular flexibility index (Phi) is 3.96. The average molecular weight is 290 g/mol. The number of anilines is 1. The number of nitrogens with zero attached hydrogens (tertiary/aromatic N) is 1. The lowest BCUT2D eigenvalue weighted by Gasteiger charge is -2.12. The number of benzene rings is 1. The second-order valence-electron chi connectivity index (χ2n) is 4.08. The first-order valence-electron chi connectivity index (χ1n) is 5.86. The summed E-state index contributed by atoms with van der Waals surface area (Å²) in [4.78, 5) is 0. The number of rotatable bonds is 4. The Bertz CT molecular complexity index is 607. The Hall–Kier alpha value is -2.05. The molecule has 20 heavy (non-hydrogen) atoms. The van der Waals surface area contributed by atoms with Crippen LogP contribution in [0, 0.1) is 29.1 Å². The summed E-state index contributed by atoms with van der Waals surface area (Å²) in [5.74, 6) is -9.82. The molecule has 1 heterocycles. The molecule has 2 nitrogen and oxygen atoms in total. The molecular formula is C13H11F5N2. The first-order chi connectivity index (χ1) is 9.47. The van der Waals surface area contributed by atoms with Crippen molar-refractivity contribution in [3.63, 3.8) is 0 Å². The van der Waals surface area contributed by atoms with E-state index in [1.807, 2.05) is 6.92 Å². The molecule has 0 atom stereocenters. The lowest BCUT2D eigenvalue weighted by Crippen LogP contribution is -2.12. The van der Waals surface area contributed by atoms with Gasteiger partial charge in [0, 0.05) is 18.4 Å². The van der Waals surface area contributed by atoms with Gasteiger partial charge < -0.3 is 9.88 Å². The van der Waals surface area contributed by atoms with Crippen LogP contribution < -0.4 is 5.32 Å². The van der Waals surface area contributed by atoms with Gasteiger partial charge in [-0.05, 0) is 19.1 Å². The second-order valence-corrected chi connectivity index (χ2v) is 4.08. The van der Waals surface area contributed by atoms with Crippen molar-refractivity contribution in [3.8, 4) is 0 Å². The Morgan fingerprint density at radius 1 is 0.950 bits per heavy atom. The van der Waals surface area contributed by atoms with E-state index in [2.05, 4.69) is 5.32 Å². The highest BCUT2D eigenvalue weighted by Gasteiger charge is 2.25. The fraction of sp³-hybridized carbons (Fsp3) is 0.231. The van der Waals surface area contributed by atoms with E-state index < -0.39 is 34.8 Å². The highest BCUT2D eigenvalue weighted by molar-refractivity contribution is 5.48. The van der Waals surface area contributed by atoms with Crippen molar-refractivity contribution in [2.75, 3.05) is 5.32 Å². The SMILES string of the molecule is CCn1cccc1CNc1c(F)c(F)c(F)c(F)c1F. The summed E-state index contributed by atoms with van der Waals surface area (Å²) in [6, 6.07) is 3.40. The number of aryl methyl sites for hydroxylation is 1. The number of hydrogen-bond donors (Lipinski definition) is 1. The molecule has 0 aliphatic carbocycles. The molecule has 0 radical (unpaired) electrons. The minimum absolute atomic E-state index is 0.0564. The summed E-state index contributed by atoms with van der Waals surface area (Å²) in [5.41, 5.74) is -0.360. The van der Waals surface area contributed by atoms with Gasteiger partial charge in [-0.3, -0.25) is 0 Å². The van der Waals surface area contributed by atoms with Crippen LogP contribution in [0.1, 0.15) is 12.6 Å². The number of aromatic nitrogens is 1. The Morgan fingerprint density at radius 2 is 1.50 bits per heavy atom. The minimum atomic E-state index is -2.16. The molecule has 7 heteroatoms. The molecule has 0 amide bonds. The summed E-state index contributed by atoms with van der Waals surface area (Å²) in [6.45, 7) is 2.43. The molecule has 0 saturated carbocycles. The van der Waals surface area contributed by atoms with E-state index in [9.17, 15) is 22.0 Å². The molecule has 2 aromatic rings. The average Bonchev–Trinajstić information content (AvgIpc) is 2.90. The third kappa shape index (κ3) is 2.35. The molecular weight excluding hydrogens is 279 g/mol. The topological polar surface area (TPSA) is 17.0 Å². The van der Waals surface area contributed by atoms with E-state index in [0.29, 0.717) is 12.2 Å². The van der Waals surface area contributed by atoms with Crippen molar-refractivity contribution in [1.82, 2.24) is 4.57 Å². The second kappa shape index (κ2) is 5.52. The van der Waals surface area contributed by atoms with Crippen LogP contribution in [0.2, 0.25) is 0 Å². The van der Waals surface area contributed by atoms with Crippen LogP contribution in [0.4, 0.5) is 27.6 Å². The largest absolute Gasteiger partial charge is 0.375 e. The van der Waals surface area contributed by atoms with Crippen LogP contribution in [-0.4, -0.2) is 4.57 Å². The molecule has 0 unspecified atom stereocenters. The van der Waals surface area contributed by atoms with Crippen LogP contribution in [0.3, 0.4) is 0 Å². The van der Waals surface area contributed by atoms with Gasteiger partial charge in [0.15, 0.2) is 23.3 Å². The molecule has 108 valence electrons. The number of halogens is 5. The lowest BCUT2D eigenvalue weighted by molar-refractivity contribution is 0.381. The fourth-order valence-corrected chi connectivity index (χ4v) is 1.86. The molecule has 0 spiro atoms. The Balaban J connectivity index is 2.31. The summed E-state index contributed by atoms with van der Waals surface area (Å²) in [6.07, 6.45) is 1.75. The van der Waals surface area contributed by atoms with Crippen molar-refractivity contribution in [2.24, 2.45) is 0 Å². The zero-order valence-corrected chi connectivity index (χ0v) is 10.5. The number of hydrogen-bond acceptors (Lipinski definition) is 1. The predicted molar refractivity (Wildman–Crippen MR) is 63.7 cm³/mol. The van der Waals surface area contributed by atoms with E-state index in [1.54, 1.807) is 22.9 Å². The van der Waals surface area contributed by atoms with Gasteiger partial charge in [-0.15, -0.1) is 0 Å². The van der Waals surface area contributed by atoms with Gasteiger partial charge in [-0.25, -0.2) is 22.0 Å². The van der Waals surface area contributed by atoms with Crippen molar-refractivity contribution in [1.29, 1.82) is 0 Å². The summed E-state index contributed by atoms with van der Waals surface area (Å²) in [5, 5.41) is 2.25. The summed E-state index contributed by atoms with van der Waals surface area (Å²) in [7, 11) is 0. The van der Waals surface area contributed by atoms with E-state index >= 15 is 0 Å². The quantitative estimate of drug-likeness (QED) is 0.514. The third-order valence-corrected chi connectivity index (χ3v) is 2.92. The maximum atomic E-state index is 13.4. The fourth-order valence-electron chi connectivity index (χ4n) is 1.86. The van der Waals surface area contributed by atoms with Gasteiger partial charge in [0.1, 0.15) is 5.69 Å². The molecule has 0 fully saturated rings. The highest BCUT2D eigenvalue weighted by atomic mass is 19.2. The van der Waals surface area contributed by atoms with Crippen molar-refractivity contribution in [3.05, 3.63) is 53.1 Å². The van der Waals surface area contributed by atoms with E-state index in [1.165, 1.54) is 0 Å². The van der Waals surface area contributed by atoms with Gasteiger partial charge in [0.05, 0.1) is 6.54 Å². The smallest absolute Gasteiger partial charge is 0.200 e. The maximum absolute atomic E-state index is 13.4. The highest BCUT2D eigenvalue weighted by Crippen LogP contribution is 2.27. The zero-order valence-electron chi connectivity index (χ0n) is 10.5. The van der Waals surface area contributed by atoms with Gasteiger partial charge in [0.2, 0.25) is 5.82 Å². The van der Waals surface area contributed by atoms with Crippen LogP contribution in [0.5, 0.6) is 0 Å². The normalized spacial score (nSPS) is 10.9. The standard InChI is InChI=1S/C13H11F5N2/c1-2-20-5-3-4-7(20)6-19-13-11(17)9(15)8(14)10(16)12(13)18/h3-5,19H,2,6H2,1H3. The molecule has 0 saturated heterocycles. The van der Waals surface area contributed by atoms with Crippen LogP contribution in [-0.2, 0) is 13.1 Å². The van der Waals surface area contributed by atoms with Gasteiger partial charge in [0.25, 0.3) is 0 Å². The molecule has 2 rings (SSSR count). The van der Waals surface area contributed by atoms with Crippen LogP contribution in [0.25, 0.3) is 0 Å². The Morgan fingerprint density at radius 3 is 2.05 bits per heavy atom. The molecule has 0 aliphatic heterocycles. The van der Waals surface area contributed by atoms with Crippen LogP contribution in [0.15, 0.2) is 18.3 Å². The summed E-state index contributed by atoms with van der Waals surface area (Å²) < 4.78 is 67.5. The van der Waals surface area contributed by atoms with Crippen molar-refractivity contribution >= 4 is 5.69 Å². The van der Waals surface area contributed by atoms with Gasteiger partial charge in [-0.2, -0.15) is 0 Å². The van der Waals surface area contributed by atoms with Crippen molar-refractivity contribution in [2.45, 2.75) is 20.0 Å². The maximum Gasteiger partial charge on any atom is 0.200 e. The predicted octanol–water partition coefficient (Wildman–Crippen LogP) is 3.82. The molecule has 1 aromatic carbocycles. The third-order valence-electron chi connectivity index (χ3n) is 2.92. The van der Waals surface area contributed by atoms with Crippen molar-refractivity contribution < 1.29 is 22.0 Å². The van der Waals surface area contributed by atoms with E-state index in [-0.39, 0.29) is 6.54 Å². The van der Waals surface area contributed by atoms with E-state index in [0.717, 1.165) is 0 Å². The first-order valence-corrected chi connectivity index (χ1v) is 5.86. The van der Waals surface area contributed by atoms with Gasteiger partial charge >= 0.3 is 0 Å². The molecule has 1 aromatic heterocycles. The minimum Gasteiger partial charge on any atom is -0.375 e. The van der Waals surface area contributed by atoms with Gasteiger partial charge in [-0.1, -0.05) is 0 Å². The Labute approximate surface area is 111 Å². The zero-order chi connectivity index (χ0) is 14.9.